The summed E-state index contributed by atoms with van der Waals surface area (Å²) < 4.78 is 26.6. The van der Waals surface area contributed by atoms with Crippen molar-refractivity contribution in [3.8, 4) is 0 Å². The lowest BCUT2D eigenvalue weighted by Gasteiger charge is -2.11. The van der Waals surface area contributed by atoms with Crippen LogP contribution in [0.25, 0.3) is 0 Å². The first-order valence-electron chi connectivity index (χ1n) is 6.10. The molecule has 0 saturated heterocycles. The lowest BCUT2D eigenvalue weighted by atomic mass is 10.1. The summed E-state index contributed by atoms with van der Waals surface area (Å²) in [5.74, 6) is -2.08. The van der Waals surface area contributed by atoms with Crippen LogP contribution in [0.4, 0.5) is 14.5 Å². The Balaban J connectivity index is 2.26. The fraction of sp³-hybridized carbons (Fsp3) is 0.133. The summed E-state index contributed by atoms with van der Waals surface area (Å²) >= 11 is 0. The van der Waals surface area contributed by atoms with Crippen LogP contribution in [-0.4, -0.2) is 13.0 Å². The SMILES string of the molecule is CNCc1ccccc1NC(=O)c1cc(F)ccc1F. The first-order chi connectivity index (χ1) is 9.61. The molecule has 0 aliphatic heterocycles. The first kappa shape index (κ1) is 14.1. The van der Waals surface area contributed by atoms with Gasteiger partial charge in [-0.2, -0.15) is 0 Å². The van der Waals surface area contributed by atoms with Crippen LogP contribution in [0.15, 0.2) is 42.5 Å². The second-order valence-electron chi connectivity index (χ2n) is 4.27. The van der Waals surface area contributed by atoms with E-state index in [-0.39, 0.29) is 5.56 Å². The highest BCUT2D eigenvalue weighted by molar-refractivity contribution is 6.04. The predicted molar refractivity (Wildman–Crippen MR) is 73.5 cm³/mol. The highest BCUT2D eigenvalue weighted by Crippen LogP contribution is 2.17. The molecule has 0 aliphatic carbocycles. The van der Waals surface area contributed by atoms with E-state index < -0.39 is 17.5 Å². The number of hydrogen-bond donors (Lipinski definition) is 2. The van der Waals surface area contributed by atoms with Crippen LogP contribution in [0.1, 0.15) is 15.9 Å². The third-order valence-electron chi connectivity index (χ3n) is 2.81. The maximum Gasteiger partial charge on any atom is 0.258 e. The van der Waals surface area contributed by atoms with E-state index in [2.05, 4.69) is 10.6 Å². The van der Waals surface area contributed by atoms with E-state index in [0.29, 0.717) is 12.2 Å². The summed E-state index contributed by atoms with van der Waals surface area (Å²) in [7, 11) is 1.78. The van der Waals surface area contributed by atoms with Gasteiger partial charge in [0.25, 0.3) is 5.91 Å². The predicted octanol–water partition coefficient (Wildman–Crippen LogP) is 2.94. The number of anilines is 1. The van der Waals surface area contributed by atoms with Crippen LogP contribution in [0, 0.1) is 11.6 Å². The van der Waals surface area contributed by atoms with Crippen LogP contribution in [-0.2, 0) is 6.54 Å². The van der Waals surface area contributed by atoms with E-state index in [1.54, 1.807) is 19.2 Å². The highest BCUT2D eigenvalue weighted by Gasteiger charge is 2.14. The Morgan fingerprint density at radius 1 is 1.15 bits per heavy atom. The van der Waals surface area contributed by atoms with Gasteiger partial charge in [-0.15, -0.1) is 0 Å². The van der Waals surface area contributed by atoms with Crippen molar-refractivity contribution < 1.29 is 13.6 Å². The second kappa shape index (κ2) is 6.25. The summed E-state index contributed by atoms with van der Waals surface area (Å²) in [6.45, 7) is 0.558. The number of rotatable bonds is 4. The van der Waals surface area contributed by atoms with Gasteiger partial charge in [0.1, 0.15) is 11.6 Å². The standard InChI is InChI=1S/C15H14F2N2O/c1-18-9-10-4-2-3-5-14(10)19-15(20)12-8-11(16)6-7-13(12)17/h2-8,18H,9H2,1H3,(H,19,20). The minimum absolute atomic E-state index is 0.315. The van der Waals surface area contributed by atoms with Gasteiger partial charge in [-0.1, -0.05) is 18.2 Å². The van der Waals surface area contributed by atoms with Crippen molar-refractivity contribution >= 4 is 11.6 Å². The number of hydrogen-bond acceptors (Lipinski definition) is 2. The Morgan fingerprint density at radius 2 is 1.90 bits per heavy atom. The summed E-state index contributed by atoms with van der Waals surface area (Å²) in [6, 6.07) is 9.94. The Bertz CT molecular complexity index is 629. The Kier molecular flexibility index (Phi) is 4.42. The van der Waals surface area contributed by atoms with E-state index in [0.717, 1.165) is 23.8 Å². The molecule has 0 bridgehead atoms. The van der Waals surface area contributed by atoms with Crippen LogP contribution < -0.4 is 10.6 Å². The largest absolute Gasteiger partial charge is 0.322 e. The van der Waals surface area contributed by atoms with E-state index >= 15 is 0 Å². The molecule has 0 aromatic heterocycles. The number of nitrogens with one attached hydrogen (secondary N) is 2. The third-order valence-corrected chi connectivity index (χ3v) is 2.81. The van der Waals surface area contributed by atoms with Crippen molar-refractivity contribution in [3.05, 3.63) is 65.2 Å². The van der Waals surface area contributed by atoms with E-state index in [9.17, 15) is 13.6 Å². The molecule has 0 unspecified atom stereocenters. The number of carbonyl (C=O) groups excluding carboxylic acids is 1. The average molecular weight is 276 g/mol. The molecule has 2 N–H and O–H groups in total. The Hall–Kier alpha value is -2.27. The molecular weight excluding hydrogens is 262 g/mol. The van der Waals surface area contributed by atoms with Crippen LogP contribution >= 0.6 is 0 Å². The lowest BCUT2D eigenvalue weighted by molar-refractivity contribution is 0.102. The van der Waals surface area contributed by atoms with E-state index in [4.69, 9.17) is 0 Å². The number of benzene rings is 2. The molecule has 5 heteroatoms. The Labute approximate surface area is 115 Å². The fourth-order valence-corrected chi connectivity index (χ4v) is 1.85. The van der Waals surface area contributed by atoms with Gasteiger partial charge >= 0.3 is 0 Å². The molecule has 1 amide bonds. The van der Waals surface area contributed by atoms with Crippen molar-refractivity contribution in [2.75, 3.05) is 12.4 Å². The molecule has 2 rings (SSSR count). The molecule has 0 saturated carbocycles. The van der Waals surface area contributed by atoms with Crippen LogP contribution in [0.2, 0.25) is 0 Å². The van der Waals surface area contributed by atoms with Crippen molar-refractivity contribution in [1.82, 2.24) is 5.32 Å². The molecule has 2 aromatic rings. The quantitative estimate of drug-likeness (QED) is 0.901. The summed E-state index contributed by atoms with van der Waals surface area (Å²) in [6.07, 6.45) is 0. The summed E-state index contributed by atoms with van der Waals surface area (Å²) in [4.78, 5) is 12.0. The van der Waals surface area contributed by atoms with Gasteiger partial charge < -0.3 is 10.6 Å². The van der Waals surface area contributed by atoms with Gasteiger partial charge in [-0.05, 0) is 36.9 Å². The molecule has 0 heterocycles. The van der Waals surface area contributed by atoms with Gasteiger partial charge in [0.05, 0.1) is 5.56 Å². The molecule has 0 spiro atoms. The molecule has 104 valence electrons. The second-order valence-corrected chi connectivity index (χ2v) is 4.27. The zero-order valence-electron chi connectivity index (χ0n) is 10.9. The fourth-order valence-electron chi connectivity index (χ4n) is 1.85. The molecule has 0 radical (unpaired) electrons. The highest BCUT2D eigenvalue weighted by atomic mass is 19.1. The molecule has 2 aromatic carbocycles. The van der Waals surface area contributed by atoms with Crippen LogP contribution in [0.3, 0.4) is 0 Å². The maximum atomic E-state index is 13.5. The molecule has 0 fully saturated rings. The lowest BCUT2D eigenvalue weighted by Crippen LogP contribution is -2.16. The summed E-state index contributed by atoms with van der Waals surface area (Å²) in [5.41, 5.74) is 1.11. The van der Waals surface area contributed by atoms with Gasteiger partial charge in [-0.3, -0.25) is 4.79 Å². The number of para-hydroxylation sites is 1. The average Bonchev–Trinajstić information content (AvgIpc) is 2.44. The maximum absolute atomic E-state index is 13.5. The van der Waals surface area contributed by atoms with Gasteiger partial charge in [0.2, 0.25) is 0 Å². The zero-order valence-corrected chi connectivity index (χ0v) is 10.9. The van der Waals surface area contributed by atoms with Gasteiger partial charge in [-0.25, -0.2) is 8.78 Å². The normalized spacial score (nSPS) is 10.3. The van der Waals surface area contributed by atoms with Gasteiger partial charge in [0.15, 0.2) is 0 Å². The first-order valence-corrected chi connectivity index (χ1v) is 6.10. The monoisotopic (exact) mass is 276 g/mol. The van der Waals surface area contributed by atoms with Gasteiger partial charge in [0, 0.05) is 12.2 Å². The summed E-state index contributed by atoms with van der Waals surface area (Å²) in [5, 5.41) is 5.57. The number of halogens is 2. The van der Waals surface area contributed by atoms with E-state index in [1.807, 2.05) is 12.1 Å². The van der Waals surface area contributed by atoms with Crippen LogP contribution in [0.5, 0.6) is 0 Å². The molecule has 0 atom stereocenters. The Morgan fingerprint density at radius 3 is 2.65 bits per heavy atom. The zero-order chi connectivity index (χ0) is 14.5. The van der Waals surface area contributed by atoms with Crippen molar-refractivity contribution in [2.24, 2.45) is 0 Å². The molecule has 20 heavy (non-hydrogen) atoms. The molecule has 0 aliphatic rings. The van der Waals surface area contributed by atoms with Crippen molar-refractivity contribution in [2.45, 2.75) is 6.54 Å². The minimum atomic E-state index is -0.755. The third kappa shape index (κ3) is 3.19. The van der Waals surface area contributed by atoms with Crippen molar-refractivity contribution in [1.29, 1.82) is 0 Å². The minimum Gasteiger partial charge on any atom is -0.322 e. The van der Waals surface area contributed by atoms with E-state index in [1.165, 1.54) is 0 Å². The molecular formula is C15H14F2N2O. The topological polar surface area (TPSA) is 41.1 Å². The molecule has 3 nitrogen and oxygen atoms in total. The number of carbonyl (C=O) groups is 1. The smallest absolute Gasteiger partial charge is 0.258 e. The number of amides is 1. The van der Waals surface area contributed by atoms with Crippen molar-refractivity contribution in [3.63, 3.8) is 0 Å².